The number of hydrogen-bond donors (Lipinski definition) is 1. The quantitative estimate of drug-likeness (QED) is 0.864. The van der Waals surface area contributed by atoms with Gasteiger partial charge >= 0.3 is 5.97 Å². The number of rotatable bonds is 4. The van der Waals surface area contributed by atoms with Gasteiger partial charge in [-0.15, -0.1) is 11.3 Å². The van der Waals surface area contributed by atoms with Crippen LogP contribution in [0.1, 0.15) is 42.7 Å². The summed E-state index contributed by atoms with van der Waals surface area (Å²) in [6.45, 7) is 3.90. The standard InChI is InChI=1S/C14H20N2O3S/c1-2-19-13(17)10-3-4-11-12(10)16-14(20-11)15-9-5-7-18-8-6-9/h9-10H,2-8H2,1H3,(H,15,16). The lowest BCUT2D eigenvalue weighted by Gasteiger charge is -2.22. The van der Waals surface area contributed by atoms with Gasteiger partial charge in [-0.1, -0.05) is 0 Å². The lowest BCUT2D eigenvalue weighted by molar-refractivity contribution is -0.145. The Labute approximate surface area is 122 Å². The molecule has 3 rings (SSSR count). The summed E-state index contributed by atoms with van der Waals surface area (Å²) >= 11 is 1.68. The second-order valence-corrected chi connectivity index (χ2v) is 6.29. The number of aryl methyl sites for hydroxylation is 1. The molecule has 1 aliphatic carbocycles. The van der Waals surface area contributed by atoms with E-state index in [9.17, 15) is 4.79 Å². The van der Waals surface area contributed by atoms with E-state index in [2.05, 4.69) is 10.3 Å². The number of aromatic nitrogens is 1. The lowest BCUT2D eigenvalue weighted by atomic mass is 10.1. The maximum Gasteiger partial charge on any atom is 0.315 e. The van der Waals surface area contributed by atoms with Crippen molar-refractivity contribution in [1.82, 2.24) is 4.98 Å². The molecule has 1 saturated heterocycles. The zero-order valence-corrected chi connectivity index (χ0v) is 12.5. The summed E-state index contributed by atoms with van der Waals surface area (Å²) in [6, 6.07) is 0.441. The van der Waals surface area contributed by atoms with E-state index < -0.39 is 0 Å². The van der Waals surface area contributed by atoms with Crippen molar-refractivity contribution in [3.05, 3.63) is 10.6 Å². The molecular weight excluding hydrogens is 276 g/mol. The lowest BCUT2D eigenvalue weighted by Crippen LogP contribution is -2.27. The largest absolute Gasteiger partial charge is 0.465 e. The first-order valence-electron chi connectivity index (χ1n) is 7.28. The van der Waals surface area contributed by atoms with Gasteiger partial charge in [0, 0.05) is 24.1 Å². The topological polar surface area (TPSA) is 60.5 Å². The third-order valence-electron chi connectivity index (χ3n) is 3.84. The van der Waals surface area contributed by atoms with E-state index in [0.717, 1.165) is 49.7 Å². The fourth-order valence-corrected chi connectivity index (χ4v) is 3.89. The molecule has 0 aromatic carbocycles. The molecule has 0 saturated carbocycles. The fraction of sp³-hybridized carbons (Fsp3) is 0.714. The Bertz CT molecular complexity index is 483. The van der Waals surface area contributed by atoms with Gasteiger partial charge in [0.25, 0.3) is 0 Å². The molecular formula is C14H20N2O3S. The van der Waals surface area contributed by atoms with Gasteiger partial charge in [-0.25, -0.2) is 4.98 Å². The number of ether oxygens (including phenoxy) is 2. The van der Waals surface area contributed by atoms with Gasteiger partial charge in [0.1, 0.15) is 5.92 Å². The minimum Gasteiger partial charge on any atom is -0.465 e. The molecule has 5 nitrogen and oxygen atoms in total. The number of carbonyl (C=O) groups excluding carboxylic acids is 1. The van der Waals surface area contributed by atoms with Crippen molar-refractivity contribution in [2.75, 3.05) is 25.1 Å². The van der Waals surface area contributed by atoms with Crippen LogP contribution in [0.3, 0.4) is 0 Å². The highest BCUT2D eigenvalue weighted by molar-refractivity contribution is 7.15. The predicted molar refractivity (Wildman–Crippen MR) is 77.3 cm³/mol. The van der Waals surface area contributed by atoms with Crippen LogP contribution in [0, 0.1) is 0 Å². The van der Waals surface area contributed by atoms with Crippen LogP contribution < -0.4 is 5.32 Å². The Balaban J connectivity index is 1.68. The molecule has 2 aliphatic rings. The number of anilines is 1. The summed E-state index contributed by atoms with van der Waals surface area (Å²) in [6.07, 6.45) is 3.81. The van der Waals surface area contributed by atoms with Gasteiger partial charge in [-0.3, -0.25) is 4.79 Å². The number of nitrogens with one attached hydrogen (secondary N) is 1. The molecule has 6 heteroatoms. The van der Waals surface area contributed by atoms with E-state index in [4.69, 9.17) is 9.47 Å². The molecule has 0 spiro atoms. The highest BCUT2D eigenvalue weighted by Gasteiger charge is 2.33. The van der Waals surface area contributed by atoms with Crippen LogP contribution in [0.15, 0.2) is 0 Å². The van der Waals surface area contributed by atoms with Crippen LogP contribution in [0.5, 0.6) is 0 Å². The van der Waals surface area contributed by atoms with E-state index in [1.165, 1.54) is 4.88 Å². The summed E-state index contributed by atoms with van der Waals surface area (Å²) in [4.78, 5) is 17.8. The van der Waals surface area contributed by atoms with Crippen LogP contribution >= 0.6 is 11.3 Å². The summed E-state index contributed by atoms with van der Waals surface area (Å²) in [5, 5.41) is 4.42. The molecule has 0 amide bonds. The molecule has 1 aromatic heterocycles. The first-order chi connectivity index (χ1) is 9.78. The van der Waals surface area contributed by atoms with Gasteiger partial charge in [-0.2, -0.15) is 0 Å². The summed E-state index contributed by atoms with van der Waals surface area (Å²) < 4.78 is 10.5. The number of hydrogen-bond acceptors (Lipinski definition) is 6. The van der Waals surface area contributed by atoms with Crippen molar-refractivity contribution in [2.24, 2.45) is 0 Å². The Morgan fingerprint density at radius 3 is 3.00 bits per heavy atom. The van der Waals surface area contributed by atoms with Crippen molar-refractivity contribution in [3.8, 4) is 0 Å². The third-order valence-corrected chi connectivity index (χ3v) is 4.90. The minimum atomic E-state index is -0.161. The normalized spacial score (nSPS) is 22.6. The van der Waals surface area contributed by atoms with Gasteiger partial charge < -0.3 is 14.8 Å². The molecule has 0 bridgehead atoms. The third kappa shape index (κ3) is 2.81. The smallest absolute Gasteiger partial charge is 0.315 e. The van der Waals surface area contributed by atoms with Crippen LogP contribution in [-0.2, 0) is 20.7 Å². The highest BCUT2D eigenvalue weighted by atomic mass is 32.1. The molecule has 1 atom stereocenters. The van der Waals surface area contributed by atoms with E-state index in [-0.39, 0.29) is 11.9 Å². The zero-order valence-electron chi connectivity index (χ0n) is 11.7. The summed E-state index contributed by atoms with van der Waals surface area (Å²) in [5.74, 6) is -0.291. The van der Waals surface area contributed by atoms with Gasteiger partial charge in [0.15, 0.2) is 5.13 Å². The maximum absolute atomic E-state index is 11.9. The maximum atomic E-state index is 11.9. The Morgan fingerprint density at radius 1 is 1.45 bits per heavy atom. The van der Waals surface area contributed by atoms with Crippen molar-refractivity contribution in [3.63, 3.8) is 0 Å². The first-order valence-corrected chi connectivity index (χ1v) is 8.10. The van der Waals surface area contributed by atoms with Crippen LogP contribution in [-0.4, -0.2) is 36.8 Å². The number of thiazole rings is 1. The van der Waals surface area contributed by atoms with E-state index >= 15 is 0 Å². The second kappa shape index (κ2) is 6.10. The molecule has 2 heterocycles. The molecule has 0 radical (unpaired) electrons. The fourth-order valence-electron chi connectivity index (χ4n) is 2.78. The predicted octanol–water partition coefficient (Wildman–Crippen LogP) is 2.33. The second-order valence-electron chi connectivity index (χ2n) is 5.20. The molecule has 1 N–H and O–H groups in total. The first kappa shape index (κ1) is 13.8. The van der Waals surface area contributed by atoms with Gasteiger partial charge in [0.2, 0.25) is 0 Å². The van der Waals surface area contributed by atoms with Crippen molar-refractivity contribution in [1.29, 1.82) is 0 Å². The zero-order chi connectivity index (χ0) is 13.9. The Hall–Kier alpha value is -1.14. The minimum absolute atomic E-state index is 0.130. The molecule has 1 unspecified atom stereocenters. The number of nitrogens with zero attached hydrogens (tertiary/aromatic N) is 1. The molecule has 20 heavy (non-hydrogen) atoms. The van der Waals surface area contributed by atoms with E-state index in [1.807, 2.05) is 6.92 Å². The SMILES string of the molecule is CCOC(=O)C1CCc2sc(NC3CCOCC3)nc21. The van der Waals surface area contributed by atoms with Crippen LogP contribution in [0.2, 0.25) is 0 Å². The Morgan fingerprint density at radius 2 is 2.25 bits per heavy atom. The average molecular weight is 296 g/mol. The van der Waals surface area contributed by atoms with E-state index in [1.54, 1.807) is 11.3 Å². The van der Waals surface area contributed by atoms with Crippen molar-refractivity contribution in [2.45, 2.75) is 44.6 Å². The number of esters is 1. The monoisotopic (exact) mass is 296 g/mol. The molecule has 1 aliphatic heterocycles. The van der Waals surface area contributed by atoms with Gasteiger partial charge in [0.05, 0.1) is 12.3 Å². The van der Waals surface area contributed by atoms with Gasteiger partial charge in [-0.05, 0) is 32.6 Å². The average Bonchev–Trinajstić information content (AvgIpc) is 2.99. The molecule has 1 fully saturated rings. The number of fused-ring (bicyclic) bond motifs is 1. The summed E-state index contributed by atoms with van der Waals surface area (Å²) in [7, 11) is 0. The van der Waals surface area contributed by atoms with Crippen molar-refractivity contribution >= 4 is 22.4 Å². The molecule has 1 aromatic rings. The van der Waals surface area contributed by atoms with Crippen LogP contribution in [0.4, 0.5) is 5.13 Å². The van der Waals surface area contributed by atoms with Crippen molar-refractivity contribution < 1.29 is 14.3 Å². The molecule has 110 valence electrons. The Kier molecular flexibility index (Phi) is 4.21. The number of carbonyl (C=O) groups is 1. The summed E-state index contributed by atoms with van der Waals surface area (Å²) in [5.41, 5.74) is 0.933. The van der Waals surface area contributed by atoms with Crippen LogP contribution in [0.25, 0.3) is 0 Å². The van der Waals surface area contributed by atoms with E-state index in [0.29, 0.717) is 12.6 Å². The highest BCUT2D eigenvalue weighted by Crippen LogP contribution is 2.39.